The van der Waals surface area contributed by atoms with E-state index in [9.17, 15) is 4.39 Å². The third-order valence-electron chi connectivity index (χ3n) is 3.03. The summed E-state index contributed by atoms with van der Waals surface area (Å²) in [6, 6.07) is 10.5. The van der Waals surface area contributed by atoms with Gasteiger partial charge in [0.25, 0.3) is 0 Å². The zero-order chi connectivity index (χ0) is 15.1. The largest absolute Gasteiger partial charge is 0.462 e. The van der Waals surface area contributed by atoms with Crippen LogP contribution in [0.3, 0.4) is 0 Å². The van der Waals surface area contributed by atoms with Crippen LogP contribution in [0.1, 0.15) is 30.9 Å². The van der Waals surface area contributed by atoms with E-state index in [1.165, 1.54) is 6.07 Å². The maximum Gasteiger partial charge on any atom is 0.129 e. The minimum atomic E-state index is -0.240. The summed E-state index contributed by atoms with van der Waals surface area (Å²) < 4.78 is 24.6. The van der Waals surface area contributed by atoms with Gasteiger partial charge in [0.05, 0.1) is 13.2 Å². The summed E-state index contributed by atoms with van der Waals surface area (Å²) in [6.07, 6.45) is 0. The molecule has 1 aromatic carbocycles. The van der Waals surface area contributed by atoms with E-state index in [4.69, 9.17) is 9.15 Å². The third kappa shape index (κ3) is 5.33. The number of rotatable bonds is 8. The lowest BCUT2D eigenvalue weighted by Gasteiger charge is -2.05. The van der Waals surface area contributed by atoms with Crippen LogP contribution in [-0.4, -0.2) is 6.54 Å². The van der Waals surface area contributed by atoms with Crippen molar-refractivity contribution in [2.24, 2.45) is 5.92 Å². The quantitative estimate of drug-likeness (QED) is 0.801. The number of hydrogen-bond donors (Lipinski definition) is 1. The molecule has 21 heavy (non-hydrogen) atoms. The zero-order valence-electron chi connectivity index (χ0n) is 12.6. The molecule has 0 radical (unpaired) electrons. The number of halogens is 1. The van der Waals surface area contributed by atoms with E-state index in [1.807, 2.05) is 12.1 Å². The molecule has 4 heteroatoms. The second-order valence-electron chi connectivity index (χ2n) is 5.48. The minimum absolute atomic E-state index is 0.240. The van der Waals surface area contributed by atoms with E-state index < -0.39 is 0 Å². The second kappa shape index (κ2) is 7.96. The van der Waals surface area contributed by atoms with Gasteiger partial charge in [-0.2, -0.15) is 0 Å². The van der Waals surface area contributed by atoms with E-state index in [1.54, 1.807) is 18.2 Å². The molecule has 2 aromatic rings. The first-order chi connectivity index (χ1) is 10.1. The number of hydrogen-bond acceptors (Lipinski definition) is 3. The molecule has 3 nitrogen and oxygen atoms in total. The molecule has 0 spiro atoms. The zero-order valence-corrected chi connectivity index (χ0v) is 12.6. The molecule has 0 saturated heterocycles. The minimum Gasteiger partial charge on any atom is -0.462 e. The maximum absolute atomic E-state index is 13.4. The summed E-state index contributed by atoms with van der Waals surface area (Å²) in [5.74, 6) is 2.02. The molecule has 0 aliphatic rings. The molecule has 0 saturated carbocycles. The highest BCUT2D eigenvalue weighted by Crippen LogP contribution is 2.12. The summed E-state index contributed by atoms with van der Waals surface area (Å²) in [6.45, 7) is 6.59. The van der Waals surface area contributed by atoms with Gasteiger partial charge in [-0.05, 0) is 30.7 Å². The highest BCUT2D eigenvalue weighted by Gasteiger charge is 2.04. The molecule has 1 aromatic heterocycles. The summed E-state index contributed by atoms with van der Waals surface area (Å²) in [4.78, 5) is 0. The standard InChI is InChI=1S/C17H22FNO2/c1-13(2)9-19-10-15-7-8-16(21-15)12-20-11-14-5-3-4-6-17(14)18/h3-8,13,19H,9-12H2,1-2H3. The Morgan fingerprint density at radius 1 is 1.10 bits per heavy atom. The Bertz CT molecular complexity index is 551. The van der Waals surface area contributed by atoms with Crippen molar-refractivity contribution in [3.63, 3.8) is 0 Å². The van der Waals surface area contributed by atoms with Gasteiger partial charge in [-0.15, -0.1) is 0 Å². The number of benzene rings is 1. The molecule has 2 rings (SSSR count). The lowest BCUT2D eigenvalue weighted by Crippen LogP contribution is -2.18. The van der Waals surface area contributed by atoms with Crippen molar-refractivity contribution >= 4 is 0 Å². The Balaban J connectivity index is 1.74. The molecule has 114 valence electrons. The lowest BCUT2D eigenvalue weighted by atomic mass is 10.2. The Labute approximate surface area is 125 Å². The van der Waals surface area contributed by atoms with Crippen molar-refractivity contribution < 1.29 is 13.5 Å². The van der Waals surface area contributed by atoms with E-state index in [0.717, 1.165) is 18.1 Å². The van der Waals surface area contributed by atoms with Gasteiger partial charge in [0.15, 0.2) is 0 Å². The van der Waals surface area contributed by atoms with Gasteiger partial charge in [0.2, 0.25) is 0 Å². The molecule has 0 aliphatic carbocycles. The van der Waals surface area contributed by atoms with Gasteiger partial charge < -0.3 is 14.5 Å². The van der Waals surface area contributed by atoms with Crippen LogP contribution in [0.5, 0.6) is 0 Å². The Morgan fingerprint density at radius 3 is 2.62 bits per heavy atom. The lowest BCUT2D eigenvalue weighted by molar-refractivity contribution is 0.0899. The molecular weight excluding hydrogens is 269 g/mol. The van der Waals surface area contributed by atoms with Crippen LogP contribution < -0.4 is 5.32 Å². The Hall–Kier alpha value is -1.65. The van der Waals surface area contributed by atoms with Crippen LogP contribution in [0.25, 0.3) is 0 Å². The van der Waals surface area contributed by atoms with Crippen molar-refractivity contribution in [1.82, 2.24) is 5.32 Å². The van der Waals surface area contributed by atoms with E-state index in [2.05, 4.69) is 19.2 Å². The van der Waals surface area contributed by atoms with Crippen LogP contribution in [0.15, 0.2) is 40.8 Å². The van der Waals surface area contributed by atoms with Gasteiger partial charge in [0, 0.05) is 5.56 Å². The molecule has 1 N–H and O–H groups in total. The molecule has 1 heterocycles. The highest BCUT2D eigenvalue weighted by molar-refractivity contribution is 5.16. The van der Waals surface area contributed by atoms with Crippen LogP contribution in [0.2, 0.25) is 0 Å². The van der Waals surface area contributed by atoms with Gasteiger partial charge in [0.1, 0.15) is 23.9 Å². The number of ether oxygens (including phenoxy) is 1. The topological polar surface area (TPSA) is 34.4 Å². The Morgan fingerprint density at radius 2 is 1.86 bits per heavy atom. The third-order valence-corrected chi connectivity index (χ3v) is 3.03. The maximum atomic E-state index is 13.4. The predicted molar refractivity (Wildman–Crippen MR) is 80.1 cm³/mol. The van der Waals surface area contributed by atoms with E-state index in [-0.39, 0.29) is 12.4 Å². The Kier molecular flexibility index (Phi) is 5.96. The summed E-state index contributed by atoms with van der Waals surface area (Å²) in [7, 11) is 0. The van der Waals surface area contributed by atoms with E-state index >= 15 is 0 Å². The first-order valence-corrected chi connectivity index (χ1v) is 7.24. The summed E-state index contributed by atoms with van der Waals surface area (Å²) in [5.41, 5.74) is 0.558. The highest BCUT2D eigenvalue weighted by atomic mass is 19.1. The fourth-order valence-corrected chi connectivity index (χ4v) is 1.96. The van der Waals surface area contributed by atoms with Crippen molar-refractivity contribution in [1.29, 1.82) is 0 Å². The monoisotopic (exact) mass is 291 g/mol. The van der Waals surface area contributed by atoms with Gasteiger partial charge >= 0.3 is 0 Å². The van der Waals surface area contributed by atoms with Crippen LogP contribution in [0.4, 0.5) is 4.39 Å². The first kappa shape index (κ1) is 15.7. The predicted octanol–water partition coefficient (Wildman–Crippen LogP) is 3.88. The van der Waals surface area contributed by atoms with Gasteiger partial charge in [-0.25, -0.2) is 4.39 Å². The van der Waals surface area contributed by atoms with E-state index in [0.29, 0.717) is 24.6 Å². The van der Waals surface area contributed by atoms with Crippen molar-refractivity contribution in [3.8, 4) is 0 Å². The van der Waals surface area contributed by atoms with Crippen molar-refractivity contribution in [3.05, 3.63) is 59.3 Å². The fourth-order valence-electron chi connectivity index (χ4n) is 1.96. The van der Waals surface area contributed by atoms with Gasteiger partial charge in [-0.3, -0.25) is 0 Å². The molecule has 0 atom stereocenters. The average Bonchev–Trinajstić information content (AvgIpc) is 2.88. The first-order valence-electron chi connectivity index (χ1n) is 7.24. The van der Waals surface area contributed by atoms with Gasteiger partial charge in [-0.1, -0.05) is 32.0 Å². The van der Waals surface area contributed by atoms with Crippen LogP contribution >= 0.6 is 0 Å². The number of furan rings is 1. The van der Waals surface area contributed by atoms with Crippen LogP contribution in [-0.2, 0) is 24.5 Å². The van der Waals surface area contributed by atoms with Crippen molar-refractivity contribution in [2.45, 2.75) is 33.6 Å². The molecule has 0 fully saturated rings. The fraction of sp³-hybridized carbons (Fsp3) is 0.412. The smallest absolute Gasteiger partial charge is 0.129 e. The van der Waals surface area contributed by atoms with Crippen molar-refractivity contribution in [2.75, 3.05) is 6.54 Å². The molecule has 0 unspecified atom stereocenters. The summed E-state index contributed by atoms with van der Waals surface area (Å²) >= 11 is 0. The average molecular weight is 291 g/mol. The molecule has 0 amide bonds. The SMILES string of the molecule is CC(C)CNCc1ccc(COCc2ccccc2F)o1. The second-order valence-corrected chi connectivity index (χ2v) is 5.48. The molecule has 0 bridgehead atoms. The number of nitrogens with one attached hydrogen (secondary N) is 1. The normalized spacial score (nSPS) is 11.2. The molecule has 0 aliphatic heterocycles. The molecular formula is C17H22FNO2. The summed E-state index contributed by atoms with van der Waals surface area (Å²) in [5, 5.41) is 3.32. The van der Waals surface area contributed by atoms with Crippen LogP contribution in [0, 0.1) is 11.7 Å².